The van der Waals surface area contributed by atoms with Gasteiger partial charge >= 0.3 is 24.0 Å². The summed E-state index contributed by atoms with van der Waals surface area (Å²) >= 11 is 0. The van der Waals surface area contributed by atoms with E-state index in [1.807, 2.05) is 0 Å². The summed E-state index contributed by atoms with van der Waals surface area (Å²) < 4.78 is 29.3. The lowest BCUT2D eigenvalue weighted by atomic mass is 9.96. The molecule has 2 aromatic carbocycles. The van der Waals surface area contributed by atoms with Crippen molar-refractivity contribution in [1.82, 2.24) is 15.0 Å². The van der Waals surface area contributed by atoms with Crippen molar-refractivity contribution in [2.45, 2.75) is 0 Å². The van der Waals surface area contributed by atoms with Gasteiger partial charge in [0.15, 0.2) is 0 Å². The highest BCUT2D eigenvalue weighted by atomic mass is 19.1. The molecule has 0 atom stereocenters. The Kier molecular flexibility index (Phi) is 5.98. The molecule has 0 unspecified atom stereocenters. The van der Waals surface area contributed by atoms with Crippen LogP contribution in [0, 0.1) is 5.82 Å². The van der Waals surface area contributed by atoms with Crippen molar-refractivity contribution in [3.63, 3.8) is 0 Å². The Hall–Kier alpha value is -4.01. The van der Waals surface area contributed by atoms with E-state index in [4.69, 9.17) is 14.2 Å². The third kappa shape index (κ3) is 4.64. The standard InChI is InChI=1S/C20H16FN3O5/c1-27-18-22-19(28-2)24-20(23-18)29-16(17(25)26)15(12-7-4-3-5-8-12)13-9-6-10-14(21)11-13/h3-11H,1-2H3,(H,25,26)/b16-15+. The lowest BCUT2D eigenvalue weighted by Gasteiger charge is -2.14. The maximum atomic E-state index is 13.9. The quantitative estimate of drug-likeness (QED) is 0.479. The number of carbonyl (C=O) groups is 1. The molecule has 0 saturated carbocycles. The molecule has 3 aromatic rings. The van der Waals surface area contributed by atoms with Gasteiger partial charge in [0.2, 0.25) is 5.76 Å². The number of hydrogen-bond donors (Lipinski definition) is 1. The van der Waals surface area contributed by atoms with E-state index in [1.54, 1.807) is 36.4 Å². The van der Waals surface area contributed by atoms with E-state index in [1.165, 1.54) is 32.4 Å². The van der Waals surface area contributed by atoms with Crippen LogP contribution in [0.2, 0.25) is 0 Å². The fourth-order valence-corrected chi connectivity index (χ4v) is 2.52. The lowest BCUT2D eigenvalue weighted by Crippen LogP contribution is -2.14. The molecule has 0 fully saturated rings. The number of hydrogen-bond acceptors (Lipinski definition) is 7. The summed E-state index contributed by atoms with van der Waals surface area (Å²) in [6.45, 7) is 0. The molecule has 148 valence electrons. The van der Waals surface area contributed by atoms with Crippen LogP contribution in [0.3, 0.4) is 0 Å². The molecule has 1 heterocycles. The number of carboxylic acids is 1. The molecule has 1 N–H and O–H groups in total. The van der Waals surface area contributed by atoms with Gasteiger partial charge in [0, 0.05) is 5.57 Å². The van der Waals surface area contributed by atoms with Crippen molar-refractivity contribution >= 4 is 11.5 Å². The SMILES string of the molecule is COc1nc(OC)nc(O/C(C(=O)O)=C(\c2ccccc2)c2cccc(F)c2)n1. The van der Waals surface area contributed by atoms with Gasteiger partial charge in [0.25, 0.3) is 0 Å². The molecule has 29 heavy (non-hydrogen) atoms. The van der Waals surface area contributed by atoms with Gasteiger partial charge in [-0.15, -0.1) is 15.0 Å². The first-order valence-corrected chi connectivity index (χ1v) is 8.32. The summed E-state index contributed by atoms with van der Waals surface area (Å²) in [7, 11) is 2.66. The number of aromatic nitrogens is 3. The van der Waals surface area contributed by atoms with Gasteiger partial charge in [-0.3, -0.25) is 0 Å². The van der Waals surface area contributed by atoms with Gasteiger partial charge in [-0.1, -0.05) is 42.5 Å². The van der Waals surface area contributed by atoms with E-state index in [9.17, 15) is 14.3 Å². The van der Waals surface area contributed by atoms with Crippen molar-refractivity contribution < 1.29 is 28.5 Å². The smallest absolute Gasteiger partial charge is 0.372 e. The number of ether oxygens (including phenoxy) is 3. The summed E-state index contributed by atoms with van der Waals surface area (Å²) in [6, 6.07) is 13.5. The van der Waals surface area contributed by atoms with E-state index in [2.05, 4.69) is 15.0 Å². The summed E-state index contributed by atoms with van der Waals surface area (Å²) in [5, 5.41) is 9.84. The summed E-state index contributed by atoms with van der Waals surface area (Å²) in [6.07, 6.45) is 0. The van der Waals surface area contributed by atoms with Gasteiger partial charge in [-0.2, -0.15) is 0 Å². The van der Waals surface area contributed by atoms with Gasteiger partial charge in [-0.05, 0) is 23.3 Å². The molecule has 0 amide bonds. The van der Waals surface area contributed by atoms with Crippen LogP contribution in [0.4, 0.5) is 4.39 Å². The largest absolute Gasteiger partial charge is 0.475 e. The molecule has 0 aliphatic heterocycles. The third-order valence-electron chi connectivity index (χ3n) is 3.73. The first-order valence-electron chi connectivity index (χ1n) is 8.32. The molecule has 0 spiro atoms. The molecule has 0 aliphatic carbocycles. The second-order valence-electron chi connectivity index (χ2n) is 5.58. The topological polar surface area (TPSA) is 104 Å². The number of carboxylic acid groups (broad SMARTS) is 1. The monoisotopic (exact) mass is 397 g/mol. The highest BCUT2D eigenvalue weighted by Gasteiger charge is 2.23. The fraction of sp³-hybridized carbons (Fsp3) is 0.100. The van der Waals surface area contributed by atoms with Crippen LogP contribution in [0.15, 0.2) is 60.4 Å². The van der Waals surface area contributed by atoms with Crippen molar-refractivity contribution in [2.75, 3.05) is 14.2 Å². The number of rotatable bonds is 7. The van der Waals surface area contributed by atoms with Crippen LogP contribution < -0.4 is 14.2 Å². The Labute approximate surface area is 165 Å². The minimum absolute atomic E-state index is 0.122. The molecule has 1 aromatic heterocycles. The molecule has 0 saturated heterocycles. The lowest BCUT2D eigenvalue weighted by molar-refractivity contribution is -0.135. The number of halogens is 1. The zero-order chi connectivity index (χ0) is 20.8. The van der Waals surface area contributed by atoms with E-state index in [-0.39, 0.29) is 23.6 Å². The highest BCUT2D eigenvalue weighted by molar-refractivity contribution is 5.99. The number of nitrogens with zero attached hydrogens (tertiary/aromatic N) is 3. The van der Waals surface area contributed by atoms with E-state index in [0.29, 0.717) is 11.1 Å². The Morgan fingerprint density at radius 1 is 0.862 bits per heavy atom. The zero-order valence-electron chi connectivity index (χ0n) is 15.5. The van der Waals surface area contributed by atoms with Crippen LogP contribution in [-0.2, 0) is 4.79 Å². The first kappa shape index (κ1) is 19.7. The van der Waals surface area contributed by atoms with Crippen LogP contribution in [-0.4, -0.2) is 40.2 Å². The van der Waals surface area contributed by atoms with E-state index >= 15 is 0 Å². The zero-order valence-corrected chi connectivity index (χ0v) is 15.5. The Bertz CT molecular complexity index is 1030. The number of methoxy groups -OCH3 is 2. The van der Waals surface area contributed by atoms with Gasteiger partial charge in [0.1, 0.15) is 5.82 Å². The average Bonchev–Trinajstić information content (AvgIpc) is 2.73. The molecule has 0 bridgehead atoms. The van der Waals surface area contributed by atoms with Gasteiger partial charge < -0.3 is 19.3 Å². The predicted molar refractivity (Wildman–Crippen MR) is 100 cm³/mol. The van der Waals surface area contributed by atoms with E-state index in [0.717, 1.165) is 0 Å². The van der Waals surface area contributed by atoms with Crippen molar-refractivity contribution in [3.05, 3.63) is 77.3 Å². The van der Waals surface area contributed by atoms with E-state index < -0.39 is 17.5 Å². The maximum Gasteiger partial charge on any atom is 0.372 e. The second kappa shape index (κ2) is 8.79. The Morgan fingerprint density at radius 2 is 1.45 bits per heavy atom. The highest BCUT2D eigenvalue weighted by Crippen LogP contribution is 2.29. The number of aliphatic carboxylic acids is 1. The van der Waals surface area contributed by atoms with Crippen molar-refractivity contribution in [3.8, 4) is 18.0 Å². The Balaban J connectivity index is 2.21. The van der Waals surface area contributed by atoms with Crippen molar-refractivity contribution in [1.29, 1.82) is 0 Å². The Morgan fingerprint density at radius 3 is 2.00 bits per heavy atom. The molecule has 3 rings (SSSR count). The average molecular weight is 397 g/mol. The van der Waals surface area contributed by atoms with Crippen LogP contribution in [0.1, 0.15) is 11.1 Å². The van der Waals surface area contributed by atoms with Crippen LogP contribution >= 0.6 is 0 Å². The molecular formula is C20H16FN3O5. The summed E-state index contributed by atoms with van der Waals surface area (Å²) in [5.74, 6) is -2.42. The molecule has 0 aliphatic rings. The minimum atomic E-state index is -1.40. The molecule has 8 nitrogen and oxygen atoms in total. The summed E-state index contributed by atoms with van der Waals surface area (Å²) in [5.41, 5.74) is 0.959. The fourth-order valence-electron chi connectivity index (χ4n) is 2.52. The number of benzene rings is 2. The predicted octanol–water partition coefficient (Wildman–Crippen LogP) is 2.95. The second-order valence-corrected chi connectivity index (χ2v) is 5.58. The van der Waals surface area contributed by atoms with Gasteiger partial charge in [-0.25, -0.2) is 9.18 Å². The van der Waals surface area contributed by atoms with Gasteiger partial charge in [0.05, 0.1) is 14.2 Å². The minimum Gasteiger partial charge on any atom is -0.475 e. The maximum absolute atomic E-state index is 13.9. The third-order valence-corrected chi connectivity index (χ3v) is 3.73. The first-order chi connectivity index (χ1) is 14.0. The van der Waals surface area contributed by atoms with Crippen molar-refractivity contribution in [2.24, 2.45) is 0 Å². The molecule has 0 radical (unpaired) electrons. The molecular weight excluding hydrogens is 381 g/mol. The summed E-state index contributed by atoms with van der Waals surface area (Å²) in [4.78, 5) is 23.7. The van der Waals surface area contributed by atoms with Crippen LogP contribution in [0.25, 0.3) is 5.57 Å². The van der Waals surface area contributed by atoms with Crippen LogP contribution in [0.5, 0.6) is 18.0 Å². The molecule has 9 heteroatoms. The normalized spacial score (nSPS) is 11.4.